The molecule has 1 aliphatic carbocycles. The molecule has 1 rings (SSSR count). The Morgan fingerprint density at radius 3 is 1.62 bits per heavy atom. The molecule has 1 saturated carbocycles. The molecule has 0 spiro atoms. The van der Waals surface area contributed by atoms with Crippen molar-refractivity contribution in [1.82, 2.24) is 0 Å². The Kier molecular flexibility index (Phi) is 18.1. The number of hydrogen-bond donors (Lipinski definition) is 1. The Morgan fingerprint density at radius 2 is 1.24 bits per heavy atom. The van der Waals surface area contributed by atoms with Gasteiger partial charge in [-0.3, -0.25) is 0 Å². The van der Waals surface area contributed by atoms with Gasteiger partial charge in [0.2, 0.25) is 0 Å². The molecule has 45 heavy (non-hydrogen) atoms. The van der Waals surface area contributed by atoms with Gasteiger partial charge in [-0.15, -0.1) is 0 Å². The van der Waals surface area contributed by atoms with Crippen LogP contribution in [0.1, 0.15) is 86.5 Å². The Morgan fingerprint density at radius 1 is 0.800 bits per heavy atom. The van der Waals surface area contributed by atoms with Crippen molar-refractivity contribution in [3.05, 3.63) is 36.5 Å². The van der Waals surface area contributed by atoms with E-state index >= 15 is 0 Å². The van der Waals surface area contributed by atoms with Crippen molar-refractivity contribution in [3.8, 4) is 0 Å². The van der Waals surface area contributed by atoms with Gasteiger partial charge in [0.25, 0.3) is 0 Å². The van der Waals surface area contributed by atoms with Crippen molar-refractivity contribution in [2.75, 3.05) is 46.2 Å². The van der Waals surface area contributed by atoms with Crippen LogP contribution in [0.15, 0.2) is 36.5 Å². The van der Waals surface area contributed by atoms with E-state index in [2.05, 4.69) is 19.7 Å². The Bertz CT molecular complexity index is 920. The van der Waals surface area contributed by atoms with Crippen LogP contribution in [0.3, 0.4) is 0 Å². The normalized spacial score (nSPS) is 18.6. The van der Waals surface area contributed by atoms with Crippen molar-refractivity contribution in [1.29, 1.82) is 0 Å². The predicted molar refractivity (Wildman–Crippen MR) is 172 cm³/mol. The zero-order valence-electron chi connectivity index (χ0n) is 28.3. The van der Waals surface area contributed by atoms with Gasteiger partial charge in [0.1, 0.15) is 19.8 Å². The third-order valence-corrected chi connectivity index (χ3v) is 10.9. The average molecular weight is 657 g/mol. The Hall–Kier alpha value is -2.35. The van der Waals surface area contributed by atoms with Crippen LogP contribution < -0.4 is 0 Å². The molecular weight excluding hydrogens is 600 g/mol. The molecule has 0 radical (unpaired) electrons. The number of rotatable bonds is 23. The topological polar surface area (TPSA) is 136 Å². The van der Waals surface area contributed by atoms with E-state index in [-0.39, 0.29) is 49.6 Å². The van der Waals surface area contributed by atoms with E-state index in [4.69, 9.17) is 32.2 Å². The van der Waals surface area contributed by atoms with Gasteiger partial charge >= 0.3 is 26.7 Å². The van der Waals surface area contributed by atoms with Crippen LogP contribution in [0.25, 0.3) is 0 Å². The van der Waals surface area contributed by atoms with Crippen LogP contribution in [0.4, 0.5) is 0 Å². The molecule has 1 aliphatic rings. The number of esters is 3. The van der Waals surface area contributed by atoms with E-state index in [0.29, 0.717) is 51.5 Å². The highest BCUT2D eigenvalue weighted by molar-refractivity contribution is 6.60. The summed E-state index contributed by atoms with van der Waals surface area (Å²) in [7, 11) is -2.89. The van der Waals surface area contributed by atoms with Gasteiger partial charge in [-0.2, -0.15) is 0 Å². The van der Waals surface area contributed by atoms with Crippen LogP contribution in [-0.4, -0.2) is 89.8 Å². The summed E-state index contributed by atoms with van der Waals surface area (Å²) in [5.74, 6) is -1.91. The predicted octanol–water partition coefficient (Wildman–Crippen LogP) is 5.24. The highest BCUT2D eigenvalue weighted by atomic mass is 28.4. The van der Waals surface area contributed by atoms with Crippen LogP contribution in [0, 0.1) is 5.41 Å². The molecule has 12 heteroatoms. The highest BCUT2D eigenvalue weighted by Gasteiger charge is 2.45. The molecule has 2 atom stereocenters. The molecule has 0 saturated heterocycles. The number of carbonyl (C=O) groups is 3. The van der Waals surface area contributed by atoms with Crippen molar-refractivity contribution >= 4 is 26.7 Å². The number of ether oxygens (including phenoxy) is 4. The van der Waals surface area contributed by atoms with Gasteiger partial charge in [-0.1, -0.05) is 32.6 Å². The van der Waals surface area contributed by atoms with Gasteiger partial charge in [0.15, 0.2) is 0 Å². The lowest BCUT2D eigenvalue weighted by Gasteiger charge is -2.43. The maximum atomic E-state index is 12.4. The van der Waals surface area contributed by atoms with E-state index in [1.54, 1.807) is 0 Å². The summed E-state index contributed by atoms with van der Waals surface area (Å²) in [4.78, 5) is 37.1. The first kappa shape index (κ1) is 40.7. The third kappa shape index (κ3) is 13.5. The number of aliphatic hydroxyl groups is 1. The second kappa shape index (κ2) is 20.0. The molecule has 0 aromatic carbocycles. The van der Waals surface area contributed by atoms with Crippen LogP contribution in [0.2, 0.25) is 6.04 Å². The minimum Gasteiger partial charge on any atom is -0.461 e. The van der Waals surface area contributed by atoms with E-state index in [9.17, 15) is 19.5 Å². The average Bonchev–Trinajstić information content (AvgIpc) is 2.98. The van der Waals surface area contributed by atoms with Gasteiger partial charge in [0, 0.05) is 49.2 Å². The number of carbonyl (C=O) groups excluding carboxylic acids is 3. The summed E-state index contributed by atoms with van der Waals surface area (Å²) >= 11 is 0. The Balaban J connectivity index is 3.26. The molecule has 2 unspecified atom stereocenters. The van der Waals surface area contributed by atoms with Gasteiger partial charge < -0.3 is 37.3 Å². The van der Waals surface area contributed by atoms with Crippen molar-refractivity contribution in [3.63, 3.8) is 0 Å². The van der Waals surface area contributed by atoms with E-state index in [1.165, 1.54) is 20.8 Å². The lowest BCUT2D eigenvalue weighted by atomic mass is 9.78. The molecule has 0 aromatic heterocycles. The Labute approximate surface area is 270 Å². The largest absolute Gasteiger partial charge is 0.500 e. The van der Waals surface area contributed by atoms with Gasteiger partial charge in [-0.05, 0) is 73.6 Å². The summed E-state index contributed by atoms with van der Waals surface area (Å²) < 4.78 is 41.2. The molecule has 11 nitrogen and oxygen atoms in total. The maximum absolute atomic E-state index is 12.4. The second-order valence-electron chi connectivity index (χ2n) is 11.8. The maximum Gasteiger partial charge on any atom is 0.500 e. The third-order valence-electron chi connectivity index (χ3n) is 7.71. The molecule has 1 N–H and O–H groups in total. The zero-order chi connectivity index (χ0) is 34.1. The molecule has 1 fully saturated rings. The molecule has 0 bridgehead atoms. The van der Waals surface area contributed by atoms with Gasteiger partial charge in [-0.25, -0.2) is 14.4 Å². The summed E-state index contributed by atoms with van der Waals surface area (Å²) in [6.45, 7) is 22.0. The van der Waals surface area contributed by atoms with E-state index in [0.717, 1.165) is 12.8 Å². The van der Waals surface area contributed by atoms with Crippen molar-refractivity contribution in [2.24, 2.45) is 5.41 Å². The molecule has 0 amide bonds. The second-order valence-corrected chi connectivity index (χ2v) is 14.6. The van der Waals surface area contributed by atoms with Crippen LogP contribution in [0.5, 0.6) is 0 Å². The first-order valence-corrected chi connectivity index (χ1v) is 17.9. The number of aliphatic hydroxyl groups excluding tert-OH is 1. The first-order valence-electron chi connectivity index (χ1n) is 15.9. The lowest BCUT2D eigenvalue weighted by Crippen LogP contribution is -2.50. The van der Waals surface area contributed by atoms with E-state index in [1.807, 2.05) is 20.8 Å². The fourth-order valence-corrected chi connectivity index (χ4v) is 7.78. The molecule has 0 aromatic rings. The lowest BCUT2D eigenvalue weighted by molar-refractivity contribution is -0.170. The minimum absolute atomic E-state index is 0.0991. The standard InChI is InChI=1S/C33H56O11Si/c1-10-42-45(43-11-2,44-12-3)21-15-18-33(17-14-13-16-28(33)34)41-20-19-32(22-38-29(35)25(4)5,23-39-30(36)26(6)7)24-40-31(37)27(8)9/h28,34H,4,6,8,10-24H2,1-3,5,7,9H3. The summed E-state index contributed by atoms with van der Waals surface area (Å²) in [5, 5.41) is 11.3. The van der Waals surface area contributed by atoms with Crippen molar-refractivity contribution < 1.29 is 51.7 Å². The minimum atomic E-state index is -2.89. The van der Waals surface area contributed by atoms with E-state index < -0.39 is 43.8 Å². The van der Waals surface area contributed by atoms with Crippen LogP contribution >= 0.6 is 0 Å². The monoisotopic (exact) mass is 656 g/mol. The highest BCUT2D eigenvalue weighted by Crippen LogP contribution is 2.38. The summed E-state index contributed by atoms with van der Waals surface area (Å²) in [6.07, 6.45) is 3.68. The summed E-state index contributed by atoms with van der Waals surface area (Å²) in [6, 6.07) is 0.578. The molecular formula is C33H56O11Si. The molecule has 0 heterocycles. The molecule has 258 valence electrons. The SMILES string of the molecule is C=C(C)C(=O)OCC(CCOC1(CCC[Si](OCC)(OCC)OCC)CCCCC1O)(COC(=O)C(=C)C)COC(=O)C(=C)C. The quantitative estimate of drug-likeness (QED) is 0.0669. The first-order chi connectivity index (χ1) is 21.2. The summed E-state index contributed by atoms with van der Waals surface area (Å²) in [5.41, 5.74) is -1.44. The van der Waals surface area contributed by atoms with Crippen molar-refractivity contribution in [2.45, 2.75) is 104 Å². The fourth-order valence-electron chi connectivity index (χ4n) is 5.17. The smallest absolute Gasteiger partial charge is 0.461 e. The fraction of sp³-hybridized carbons (Fsp3) is 0.727. The zero-order valence-corrected chi connectivity index (χ0v) is 29.3. The molecule has 0 aliphatic heterocycles. The number of hydrogen-bond acceptors (Lipinski definition) is 11. The van der Waals surface area contributed by atoms with Crippen LogP contribution in [-0.2, 0) is 46.6 Å². The van der Waals surface area contributed by atoms with Gasteiger partial charge in [0.05, 0.1) is 17.1 Å².